The van der Waals surface area contributed by atoms with Crippen LogP contribution in [0.25, 0.3) is 10.9 Å². The van der Waals surface area contributed by atoms with Gasteiger partial charge in [-0.3, -0.25) is 9.89 Å². The summed E-state index contributed by atoms with van der Waals surface area (Å²) in [5.74, 6) is 0. The van der Waals surface area contributed by atoms with Crippen molar-refractivity contribution in [2.75, 3.05) is 0 Å². The van der Waals surface area contributed by atoms with Gasteiger partial charge in [0.25, 0.3) is 5.56 Å². The fourth-order valence-corrected chi connectivity index (χ4v) is 5.26. The van der Waals surface area contributed by atoms with Gasteiger partial charge in [0.1, 0.15) is 0 Å². The van der Waals surface area contributed by atoms with Crippen LogP contribution < -0.4 is 10.3 Å². The smallest absolute Gasteiger partial charge is 0.250 e. The highest BCUT2D eigenvalue weighted by atomic mass is 35.5. The number of fused-ring (bicyclic) bond motifs is 1. The van der Waals surface area contributed by atoms with Crippen LogP contribution in [0.1, 0.15) is 22.4 Å². The maximum Gasteiger partial charge on any atom is 0.250 e. The van der Waals surface area contributed by atoms with E-state index in [4.69, 9.17) is 11.6 Å². The van der Waals surface area contributed by atoms with Crippen molar-refractivity contribution in [3.05, 3.63) is 129 Å². The molecular weight excluding hydrogens is 496 g/mol. The summed E-state index contributed by atoms with van der Waals surface area (Å²) in [6.45, 7) is 0.537. The number of H-pyrrole nitrogens is 1. The molecule has 0 fully saturated rings. The number of aromatic nitrogens is 3. The Balaban J connectivity index is 1.27. The highest BCUT2D eigenvalue weighted by Gasteiger charge is 2.16. The predicted molar refractivity (Wildman–Crippen MR) is 141 cm³/mol. The van der Waals surface area contributed by atoms with Gasteiger partial charge in [0.2, 0.25) is 10.0 Å². The molecule has 0 spiro atoms. The molecule has 3 aromatic carbocycles. The first-order valence-corrected chi connectivity index (χ1v) is 13.2. The predicted octanol–water partition coefficient (Wildman–Crippen LogP) is 4.50. The lowest BCUT2D eigenvalue weighted by Crippen LogP contribution is -2.23. The fraction of sp³-hybridized carbons (Fsp3) is 0.111. The summed E-state index contributed by atoms with van der Waals surface area (Å²) >= 11 is 6.07. The quantitative estimate of drug-likeness (QED) is 0.316. The Morgan fingerprint density at radius 1 is 0.889 bits per heavy atom. The van der Waals surface area contributed by atoms with E-state index in [9.17, 15) is 13.2 Å². The van der Waals surface area contributed by atoms with Crippen LogP contribution >= 0.6 is 11.6 Å². The summed E-state index contributed by atoms with van der Waals surface area (Å²) < 4.78 is 30.2. The standard InChI is InChI=1S/C27H23ClN4O3S/c28-22-11-12-25-24(16-22)26(31-30-25)17-29-36(34,35)23-5-3-4-21(15-23)14-19-7-9-20(10-8-19)18-32-13-2-1-6-27(32)33/h1-13,15-16,29H,14,17-18H2,(H,30,31). The average molecular weight is 519 g/mol. The number of nitrogens with one attached hydrogen (secondary N) is 2. The van der Waals surface area contributed by atoms with Crippen LogP contribution in [0.3, 0.4) is 0 Å². The van der Waals surface area contributed by atoms with Crippen LogP contribution in [-0.2, 0) is 29.5 Å². The molecule has 2 N–H and O–H groups in total. The zero-order valence-corrected chi connectivity index (χ0v) is 20.8. The van der Waals surface area contributed by atoms with Crippen molar-refractivity contribution in [3.8, 4) is 0 Å². The van der Waals surface area contributed by atoms with Crippen molar-refractivity contribution in [2.45, 2.75) is 24.4 Å². The number of hydrogen-bond donors (Lipinski definition) is 2. The first kappa shape index (κ1) is 24.0. The molecule has 0 amide bonds. The Morgan fingerprint density at radius 3 is 2.50 bits per heavy atom. The first-order chi connectivity index (χ1) is 17.4. The molecule has 182 valence electrons. The second kappa shape index (κ2) is 10.1. The number of sulfonamides is 1. The van der Waals surface area contributed by atoms with Gasteiger partial charge >= 0.3 is 0 Å². The number of rotatable bonds is 8. The minimum atomic E-state index is -3.74. The molecule has 0 saturated heterocycles. The molecule has 0 aliphatic rings. The number of aromatic amines is 1. The number of nitrogens with zero attached hydrogens (tertiary/aromatic N) is 2. The van der Waals surface area contributed by atoms with Gasteiger partial charge in [-0.1, -0.05) is 54.1 Å². The van der Waals surface area contributed by atoms with Crippen LogP contribution in [-0.4, -0.2) is 23.2 Å². The Kier molecular flexibility index (Phi) is 6.73. The highest BCUT2D eigenvalue weighted by molar-refractivity contribution is 7.89. The van der Waals surface area contributed by atoms with Crippen LogP contribution in [0, 0.1) is 0 Å². The Bertz CT molecular complexity index is 1690. The molecule has 5 rings (SSSR count). The van der Waals surface area contributed by atoms with E-state index < -0.39 is 10.0 Å². The average Bonchev–Trinajstić information content (AvgIpc) is 3.28. The number of benzene rings is 3. The molecule has 0 atom stereocenters. The van der Waals surface area contributed by atoms with E-state index in [1.165, 1.54) is 6.07 Å². The first-order valence-electron chi connectivity index (χ1n) is 11.3. The van der Waals surface area contributed by atoms with Gasteiger partial charge in [-0.05, 0) is 59.5 Å². The molecule has 36 heavy (non-hydrogen) atoms. The van der Waals surface area contributed by atoms with E-state index in [0.717, 1.165) is 27.6 Å². The number of halogens is 1. The summed E-state index contributed by atoms with van der Waals surface area (Å²) in [5, 5.41) is 8.44. The minimum Gasteiger partial charge on any atom is -0.311 e. The molecule has 0 radical (unpaired) electrons. The van der Waals surface area contributed by atoms with Gasteiger partial charge in [0.15, 0.2) is 0 Å². The Hall–Kier alpha value is -3.72. The van der Waals surface area contributed by atoms with Crippen molar-refractivity contribution in [1.82, 2.24) is 19.5 Å². The van der Waals surface area contributed by atoms with Crippen molar-refractivity contribution in [2.24, 2.45) is 0 Å². The van der Waals surface area contributed by atoms with Gasteiger partial charge in [0, 0.05) is 22.7 Å². The Morgan fingerprint density at radius 2 is 1.69 bits per heavy atom. The van der Waals surface area contributed by atoms with Gasteiger partial charge in [-0.15, -0.1) is 0 Å². The third kappa shape index (κ3) is 5.41. The molecule has 9 heteroatoms. The van der Waals surface area contributed by atoms with E-state index in [1.807, 2.05) is 36.4 Å². The van der Waals surface area contributed by atoms with E-state index in [-0.39, 0.29) is 17.0 Å². The van der Waals surface area contributed by atoms with Gasteiger partial charge in [-0.25, -0.2) is 13.1 Å². The van der Waals surface area contributed by atoms with Crippen molar-refractivity contribution >= 4 is 32.5 Å². The zero-order valence-electron chi connectivity index (χ0n) is 19.2. The lowest BCUT2D eigenvalue weighted by atomic mass is 10.0. The van der Waals surface area contributed by atoms with Crippen LogP contribution in [0.5, 0.6) is 0 Å². The molecular formula is C27H23ClN4O3S. The fourth-order valence-electron chi connectivity index (χ4n) is 4.03. The SMILES string of the molecule is O=c1ccccn1Cc1ccc(Cc2cccc(S(=O)(=O)NCc3n[nH]c4ccc(Cl)cc34)c2)cc1. The van der Waals surface area contributed by atoms with Gasteiger partial charge in [0.05, 0.1) is 29.2 Å². The van der Waals surface area contributed by atoms with Crippen LogP contribution in [0.2, 0.25) is 5.02 Å². The molecule has 0 unspecified atom stereocenters. The van der Waals surface area contributed by atoms with Crippen LogP contribution in [0.15, 0.2) is 101 Å². The minimum absolute atomic E-state index is 0.0405. The van der Waals surface area contributed by atoms with E-state index in [2.05, 4.69) is 14.9 Å². The molecule has 7 nitrogen and oxygen atoms in total. The van der Waals surface area contributed by atoms with Crippen molar-refractivity contribution < 1.29 is 8.42 Å². The normalized spacial score (nSPS) is 11.7. The van der Waals surface area contributed by atoms with Gasteiger partial charge in [-0.2, -0.15) is 5.10 Å². The topological polar surface area (TPSA) is 96.8 Å². The lowest BCUT2D eigenvalue weighted by molar-refractivity contribution is 0.580. The molecule has 0 saturated carbocycles. The third-order valence-electron chi connectivity index (χ3n) is 5.93. The lowest BCUT2D eigenvalue weighted by Gasteiger charge is -2.09. The highest BCUT2D eigenvalue weighted by Crippen LogP contribution is 2.21. The second-order valence-corrected chi connectivity index (χ2v) is 10.7. The summed E-state index contributed by atoms with van der Waals surface area (Å²) in [6.07, 6.45) is 2.34. The largest absolute Gasteiger partial charge is 0.311 e. The monoisotopic (exact) mass is 518 g/mol. The van der Waals surface area contributed by atoms with Gasteiger partial charge < -0.3 is 4.57 Å². The number of hydrogen-bond acceptors (Lipinski definition) is 4. The summed E-state index contributed by atoms with van der Waals surface area (Å²) in [5.41, 5.74) is 4.25. The van der Waals surface area contributed by atoms with E-state index in [0.29, 0.717) is 23.7 Å². The van der Waals surface area contributed by atoms with E-state index >= 15 is 0 Å². The summed E-state index contributed by atoms with van der Waals surface area (Å²) in [6, 6.07) is 25.3. The number of pyridine rings is 1. The third-order valence-corrected chi connectivity index (χ3v) is 7.56. The zero-order chi connectivity index (χ0) is 25.1. The van der Waals surface area contributed by atoms with Crippen LogP contribution in [0.4, 0.5) is 0 Å². The molecule has 5 aromatic rings. The molecule has 2 aromatic heterocycles. The van der Waals surface area contributed by atoms with E-state index in [1.54, 1.807) is 53.2 Å². The molecule has 2 heterocycles. The Labute approximate surface area is 213 Å². The van der Waals surface area contributed by atoms with Crippen molar-refractivity contribution in [1.29, 1.82) is 0 Å². The molecule has 0 aliphatic carbocycles. The molecule has 0 aliphatic heterocycles. The summed E-state index contributed by atoms with van der Waals surface area (Å²) in [4.78, 5) is 12.1. The summed E-state index contributed by atoms with van der Waals surface area (Å²) in [7, 11) is -3.74. The maximum absolute atomic E-state index is 13.0. The second-order valence-electron chi connectivity index (χ2n) is 8.49. The van der Waals surface area contributed by atoms with Crippen molar-refractivity contribution in [3.63, 3.8) is 0 Å². The molecule has 0 bridgehead atoms. The maximum atomic E-state index is 13.0.